The van der Waals surface area contributed by atoms with Gasteiger partial charge in [-0.3, -0.25) is 0 Å². The third-order valence-electron chi connectivity index (χ3n) is 2.03. The van der Waals surface area contributed by atoms with Crippen molar-refractivity contribution in [3.05, 3.63) is 40.9 Å². The summed E-state index contributed by atoms with van der Waals surface area (Å²) in [5.74, 6) is 0.591. The number of rotatable bonds is 5. The van der Waals surface area contributed by atoms with E-state index in [2.05, 4.69) is 18.0 Å². The van der Waals surface area contributed by atoms with Crippen molar-refractivity contribution < 1.29 is 4.74 Å². The van der Waals surface area contributed by atoms with E-state index in [1.807, 2.05) is 6.07 Å². The molecule has 84 valence electrons. The van der Waals surface area contributed by atoms with Crippen molar-refractivity contribution >= 4 is 11.6 Å². The molecule has 0 heterocycles. The fraction of sp³-hybridized carbons (Fsp3) is 0.250. The van der Waals surface area contributed by atoms with Crippen molar-refractivity contribution in [2.75, 3.05) is 13.7 Å². The smallest absolute Gasteiger partial charge is 0.136 e. The van der Waals surface area contributed by atoms with Gasteiger partial charge in [0.05, 0.1) is 12.7 Å². The number of ether oxygens (including phenoxy) is 1. The van der Waals surface area contributed by atoms with E-state index in [-0.39, 0.29) is 0 Å². The maximum absolute atomic E-state index is 8.90. The molecular formula is C12H13ClN2O. The molecule has 1 N–H and O–H groups in total. The summed E-state index contributed by atoms with van der Waals surface area (Å²) < 4.78 is 5.06. The second-order valence-corrected chi connectivity index (χ2v) is 3.80. The van der Waals surface area contributed by atoms with Crippen molar-refractivity contribution in [1.82, 2.24) is 5.32 Å². The molecule has 0 bridgehead atoms. The molecule has 0 amide bonds. The molecule has 0 saturated carbocycles. The lowest BCUT2D eigenvalue weighted by Gasteiger charge is -2.06. The average Bonchev–Trinajstić information content (AvgIpc) is 2.28. The Morgan fingerprint density at radius 3 is 2.94 bits per heavy atom. The Balaban J connectivity index is 2.69. The molecule has 0 aliphatic rings. The summed E-state index contributed by atoms with van der Waals surface area (Å²) >= 11 is 5.62. The highest BCUT2D eigenvalue weighted by Crippen LogP contribution is 2.18. The first-order valence-electron chi connectivity index (χ1n) is 4.78. The van der Waals surface area contributed by atoms with Gasteiger partial charge in [-0.15, -0.1) is 0 Å². The average molecular weight is 237 g/mol. The summed E-state index contributed by atoms with van der Waals surface area (Å²) in [6.07, 6.45) is 0. The molecule has 0 fully saturated rings. The van der Waals surface area contributed by atoms with E-state index in [0.717, 1.165) is 5.56 Å². The molecule has 0 aliphatic heterocycles. The lowest BCUT2D eigenvalue weighted by molar-refractivity contribution is 0.413. The molecule has 0 saturated heterocycles. The van der Waals surface area contributed by atoms with Gasteiger partial charge in [-0.2, -0.15) is 5.26 Å². The molecule has 0 aromatic heterocycles. The lowest BCUT2D eigenvalue weighted by atomic mass is 10.1. The summed E-state index contributed by atoms with van der Waals surface area (Å²) in [5, 5.41) is 12.6. The molecule has 0 spiro atoms. The van der Waals surface area contributed by atoms with Crippen LogP contribution in [0.25, 0.3) is 0 Å². The number of methoxy groups -OCH3 is 1. The van der Waals surface area contributed by atoms with E-state index in [1.165, 1.54) is 0 Å². The van der Waals surface area contributed by atoms with Crippen LogP contribution in [0.5, 0.6) is 5.75 Å². The predicted octanol–water partition coefficient (Wildman–Crippen LogP) is 2.41. The number of benzene rings is 1. The molecule has 0 unspecified atom stereocenters. The fourth-order valence-corrected chi connectivity index (χ4v) is 1.39. The van der Waals surface area contributed by atoms with Crippen molar-refractivity contribution in [1.29, 1.82) is 5.26 Å². The van der Waals surface area contributed by atoms with Crippen molar-refractivity contribution in [3.8, 4) is 11.8 Å². The molecule has 1 rings (SSSR count). The van der Waals surface area contributed by atoms with E-state index in [4.69, 9.17) is 21.6 Å². The highest BCUT2D eigenvalue weighted by Gasteiger charge is 2.03. The minimum absolute atomic E-state index is 0.534. The van der Waals surface area contributed by atoms with E-state index >= 15 is 0 Å². The van der Waals surface area contributed by atoms with Crippen LogP contribution in [0, 0.1) is 11.3 Å². The number of nitrogens with one attached hydrogen (secondary N) is 1. The Kier molecular flexibility index (Phi) is 4.84. The van der Waals surface area contributed by atoms with Gasteiger partial charge in [0.15, 0.2) is 0 Å². The molecule has 16 heavy (non-hydrogen) atoms. The highest BCUT2D eigenvalue weighted by atomic mass is 35.5. The largest absolute Gasteiger partial charge is 0.495 e. The van der Waals surface area contributed by atoms with Crippen molar-refractivity contribution in [3.63, 3.8) is 0 Å². The van der Waals surface area contributed by atoms with Gasteiger partial charge < -0.3 is 10.1 Å². The SMILES string of the molecule is C=C(Cl)CNCc1ccc(OC)c(C#N)c1. The first-order valence-corrected chi connectivity index (χ1v) is 5.16. The van der Waals surface area contributed by atoms with Gasteiger partial charge in [0.2, 0.25) is 0 Å². The standard InChI is InChI=1S/C12H13ClN2O/c1-9(13)7-15-8-10-3-4-12(16-2)11(5-10)6-14/h3-5,15H,1,7-8H2,2H3. The summed E-state index contributed by atoms with van der Waals surface area (Å²) in [7, 11) is 1.55. The molecule has 4 heteroatoms. The second-order valence-electron chi connectivity index (χ2n) is 3.27. The molecule has 1 aromatic carbocycles. The van der Waals surface area contributed by atoms with E-state index < -0.39 is 0 Å². The van der Waals surface area contributed by atoms with Gasteiger partial charge in [0.25, 0.3) is 0 Å². The van der Waals surface area contributed by atoms with Crippen LogP contribution in [0.2, 0.25) is 0 Å². The molecular weight excluding hydrogens is 224 g/mol. The Bertz CT molecular complexity index is 424. The topological polar surface area (TPSA) is 45.0 Å². The van der Waals surface area contributed by atoms with E-state index in [9.17, 15) is 0 Å². The third-order valence-corrected chi connectivity index (χ3v) is 2.16. The van der Waals surface area contributed by atoms with E-state index in [1.54, 1.807) is 19.2 Å². The van der Waals surface area contributed by atoms with Crippen LogP contribution in [-0.2, 0) is 6.54 Å². The van der Waals surface area contributed by atoms with Crippen LogP contribution < -0.4 is 10.1 Å². The zero-order valence-electron chi connectivity index (χ0n) is 9.09. The third kappa shape index (κ3) is 3.58. The normalized spacial score (nSPS) is 9.56. The maximum Gasteiger partial charge on any atom is 0.136 e. The lowest BCUT2D eigenvalue weighted by Crippen LogP contribution is -2.14. The van der Waals surface area contributed by atoms with Crippen LogP contribution in [-0.4, -0.2) is 13.7 Å². The fourth-order valence-electron chi connectivity index (χ4n) is 1.29. The van der Waals surface area contributed by atoms with Gasteiger partial charge in [-0.25, -0.2) is 0 Å². The summed E-state index contributed by atoms with van der Waals surface area (Å²) in [5.41, 5.74) is 1.54. The zero-order chi connectivity index (χ0) is 12.0. The van der Waals surface area contributed by atoms with Gasteiger partial charge >= 0.3 is 0 Å². The van der Waals surface area contributed by atoms with Gasteiger partial charge in [-0.1, -0.05) is 24.2 Å². The Morgan fingerprint density at radius 2 is 2.38 bits per heavy atom. The summed E-state index contributed by atoms with van der Waals surface area (Å²) in [6.45, 7) is 4.77. The maximum atomic E-state index is 8.90. The van der Waals surface area contributed by atoms with Crippen LogP contribution >= 0.6 is 11.6 Å². The Hall–Kier alpha value is -1.50. The number of halogens is 1. The summed E-state index contributed by atoms with van der Waals surface area (Å²) in [4.78, 5) is 0. The monoisotopic (exact) mass is 236 g/mol. The summed E-state index contributed by atoms with van der Waals surface area (Å²) in [6, 6.07) is 7.57. The molecule has 0 aliphatic carbocycles. The Morgan fingerprint density at radius 1 is 1.62 bits per heavy atom. The predicted molar refractivity (Wildman–Crippen MR) is 64.4 cm³/mol. The second kappa shape index (κ2) is 6.16. The number of hydrogen-bond donors (Lipinski definition) is 1. The minimum atomic E-state index is 0.534. The van der Waals surface area contributed by atoms with Gasteiger partial charge in [0, 0.05) is 18.1 Å². The number of nitriles is 1. The number of nitrogens with zero attached hydrogens (tertiary/aromatic N) is 1. The zero-order valence-corrected chi connectivity index (χ0v) is 9.84. The quantitative estimate of drug-likeness (QED) is 0.854. The molecule has 3 nitrogen and oxygen atoms in total. The van der Waals surface area contributed by atoms with Crippen molar-refractivity contribution in [2.24, 2.45) is 0 Å². The Labute approximate surface area is 100 Å². The van der Waals surface area contributed by atoms with Crippen LogP contribution in [0.1, 0.15) is 11.1 Å². The minimum Gasteiger partial charge on any atom is -0.495 e. The van der Waals surface area contributed by atoms with Crippen LogP contribution in [0.3, 0.4) is 0 Å². The van der Waals surface area contributed by atoms with Crippen molar-refractivity contribution in [2.45, 2.75) is 6.54 Å². The first kappa shape index (κ1) is 12.6. The molecule has 0 atom stereocenters. The van der Waals surface area contributed by atoms with Crippen LogP contribution in [0.15, 0.2) is 29.8 Å². The van der Waals surface area contributed by atoms with Crippen LogP contribution in [0.4, 0.5) is 0 Å². The molecule has 1 aromatic rings. The first-order chi connectivity index (χ1) is 7.67. The van der Waals surface area contributed by atoms with Gasteiger partial charge in [0.1, 0.15) is 11.8 Å². The molecule has 0 radical (unpaired) electrons. The van der Waals surface area contributed by atoms with E-state index in [0.29, 0.717) is 29.4 Å². The number of hydrogen-bond acceptors (Lipinski definition) is 3. The van der Waals surface area contributed by atoms with Gasteiger partial charge in [-0.05, 0) is 17.7 Å². The highest BCUT2D eigenvalue weighted by molar-refractivity contribution is 6.29.